The van der Waals surface area contributed by atoms with E-state index in [-0.39, 0.29) is 11.4 Å². The monoisotopic (exact) mass is 476 g/mol. The molecule has 3 aromatic rings. The molecule has 160 valence electrons. The number of ether oxygens (including phenoxy) is 1. The summed E-state index contributed by atoms with van der Waals surface area (Å²) in [7, 11) is -3.95. The zero-order valence-corrected chi connectivity index (χ0v) is 18.7. The molecule has 0 aliphatic carbocycles. The van der Waals surface area contributed by atoms with Crippen LogP contribution in [0.2, 0.25) is 10.0 Å². The van der Waals surface area contributed by atoms with E-state index in [9.17, 15) is 13.2 Å². The molecule has 1 heterocycles. The number of rotatable bonds is 4. The van der Waals surface area contributed by atoms with Gasteiger partial charge in [-0.05, 0) is 61.0 Å². The fraction of sp³-hybridized carbons (Fsp3) is 0.136. The van der Waals surface area contributed by atoms with Crippen LogP contribution in [0.1, 0.15) is 5.56 Å². The predicted molar refractivity (Wildman–Crippen MR) is 122 cm³/mol. The lowest BCUT2D eigenvalue weighted by molar-refractivity contribution is -0.122. The Hall–Kier alpha value is -2.74. The Balaban J connectivity index is 1.66. The van der Waals surface area contributed by atoms with Crippen molar-refractivity contribution in [2.75, 3.05) is 16.2 Å². The lowest BCUT2D eigenvalue weighted by Gasteiger charge is -2.34. The van der Waals surface area contributed by atoms with Crippen LogP contribution in [0.4, 0.5) is 11.4 Å². The van der Waals surface area contributed by atoms with Gasteiger partial charge in [-0.2, -0.15) is 0 Å². The van der Waals surface area contributed by atoms with Crippen LogP contribution in [0, 0.1) is 6.92 Å². The number of aryl methyl sites for hydroxylation is 1. The number of hydrogen-bond acceptors (Lipinski definition) is 4. The van der Waals surface area contributed by atoms with Gasteiger partial charge in [0.25, 0.3) is 15.9 Å². The van der Waals surface area contributed by atoms with E-state index >= 15 is 0 Å². The summed E-state index contributed by atoms with van der Waals surface area (Å²) >= 11 is 12.0. The summed E-state index contributed by atoms with van der Waals surface area (Å²) in [5.41, 5.74) is 1.73. The largest absolute Gasteiger partial charge is 0.476 e. The second-order valence-electron chi connectivity index (χ2n) is 7.02. The van der Waals surface area contributed by atoms with Gasteiger partial charge in [0.15, 0.2) is 6.10 Å². The Morgan fingerprint density at radius 2 is 1.77 bits per heavy atom. The number of nitrogens with zero attached hydrogens (tertiary/aromatic N) is 1. The lowest BCUT2D eigenvalue weighted by atomic mass is 10.2. The molecule has 3 aromatic carbocycles. The molecule has 31 heavy (non-hydrogen) atoms. The molecule has 0 bridgehead atoms. The van der Waals surface area contributed by atoms with E-state index in [2.05, 4.69) is 5.32 Å². The summed E-state index contributed by atoms with van der Waals surface area (Å²) in [6.07, 6.45) is -1.06. The molecule has 9 heteroatoms. The van der Waals surface area contributed by atoms with Gasteiger partial charge in [0.2, 0.25) is 0 Å². The molecular formula is C22H18Cl2N2O4S. The van der Waals surface area contributed by atoms with Gasteiger partial charge >= 0.3 is 0 Å². The minimum atomic E-state index is -3.95. The fourth-order valence-electron chi connectivity index (χ4n) is 3.19. The van der Waals surface area contributed by atoms with Crippen LogP contribution in [-0.2, 0) is 14.8 Å². The number of fused-ring (bicyclic) bond motifs is 1. The molecule has 1 aliphatic rings. The molecule has 1 N–H and O–H groups in total. The fourth-order valence-corrected chi connectivity index (χ4v) is 4.98. The summed E-state index contributed by atoms with van der Waals surface area (Å²) in [6.45, 7) is 1.67. The van der Waals surface area contributed by atoms with Gasteiger partial charge in [-0.1, -0.05) is 41.4 Å². The van der Waals surface area contributed by atoms with Gasteiger partial charge in [0.1, 0.15) is 5.75 Å². The van der Waals surface area contributed by atoms with Crippen LogP contribution in [0.15, 0.2) is 71.6 Å². The Morgan fingerprint density at radius 3 is 2.48 bits per heavy atom. The second kappa shape index (κ2) is 8.42. The van der Waals surface area contributed by atoms with E-state index in [0.717, 1.165) is 5.56 Å². The zero-order valence-electron chi connectivity index (χ0n) is 16.4. The standard InChI is InChI=1S/C22H18Cl2N2O4S/c1-14-6-9-16(12-18(14)24)25-22(27)21-13-26(19-4-2-3-5-20(19)30-21)31(28,29)17-10-7-15(23)8-11-17/h2-12,21H,13H2,1H3,(H,25,27). The average Bonchev–Trinajstić information content (AvgIpc) is 2.75. The molecule has 0 spiro atoms. The highest BCUT2D eigenvalue weighted by molar-refractivity contribution is 7.92. The number of amides is 1. The molecule has 4 rings (SSSR count). The summed E-state index contributed by atoms with van der Waals surface area (Å²) in [5.74, 6) is -0.181. The quantitative estimate of drug-likeness (QED) is 0.580. The van der Waals surface area contributed by atoms with Gasteiger partial charge < -0.3 is 10.1 Å². The third kappa shape index (κ3) is 4.35. The van der Waals surface area contributed by atoms with Crippen molar-refractivity contribution in [3.63, 3.8) is 0 Å². The molecule has 1 amide bonds. The topological polar surface area (TPSA) is 75.7 Å². The minimum absolute atomic E-state index is 0.0677. The van der Waals surface area contributed by atoms with Gasteiger partial charge in [0.05, 0.1) is 17.1 Å². The molecule has 0 radical (unpaired) electrons. The van der Waals surface area contributed by atoms with Crippen molar-refractivity contribution < 1.29 is 17.9 Å². The summed E-state index contributed by atoms with van der Waals surface area (Å²) in [4.78, 5) is 13.0. The van der Waals surface area contributed by atoms with Gasteiger partial charge in [0, 0.05) is 15.7 Å². The third-order valence-electron chi connectivity index (χ3n) is 4.87. The number of anilines is 2. The molecule has 0 saturated carbocycles. The number of hydrogen-bond donors (Lipinski definition) is 1. The number of halogens is 2. The first-order valence-corrected chi connectivity index (χ1v) is 11.6. The highest BCUT2D eigenvalue weighted by Crippen LogP contribution is 2.37. The van der Waals surface area contributed by atoms with E-state index in [1.807, 2.05) is 6.92 Å². The number of para-hydroxylation sites is 2. The van der Waals surface area contributed by atoms with Crippen molar-refractivity contribution in [1.29, 1.82) is 0 Å². The van der Waals surface area contributed by atoms with Crippen LogP contribution in [0.25, 0.3) is 0 Å². The molecule has 6 nitrogen and oxygen atoms in total. The van der Waals surface area contributed by atoms with E-state index in [1.54, 1.807) is 42.5 Å². The van der Waals surface area contributed by atoms with E-state index in [4.69, 9.17) is 27.9 Å². The molecule has 1 unspecified atom stereocenters. The van der Waals surface area contributed by atoms with Gasteiger partial charge in [-0.3, -0.25) is 9.10 Å². The molecule has 1 aliphatic heterocycles. The zero-order chi connectivity index (χ0) is 22.2. The maximum atomic E-state index is 13.3. The van der Waals surface area contributed by atoms with Crippen LogP contribution in [0.3, 0.4) is 0 Å². The van der Waals surface area contributed by atoms with E-state index < -0.39 is 22.0 Å². The molecule has 0 fully saturated rings. The van der Waals surface area contributed by atoms with E-state index in [0.29, 0.717) is 27.2 Å². The maximum absolute atomic E-state index is 13.3. The normalized spacial score (nSPS) is 15.7. The third-order valence-corrected chi connectivity index (χ3v) is 7.32. The smallest absolute Gasteiger partial charge is 0.267 e. The Morgan fingerprint density at radius 1 is 1.06 bits per heavy atom. The van der Waals surface area contributed by atoms with Crippen molar-refractivity contribution in [2.24, 2.45) is 0 Å². The van der Waals surface area contributed by atoms with Crippen molar-refractivity contribution in [3.8, 4) is 5.75 Å². The Bertz CT molecular complexity index is 1250. The Labute approximate surface area is 190 Å². The lowest BCUT2D eigenvalue weighted by Crippen LogP contribution is -2.48. The van der Waals surface area contributed by atoms with Gasteiger partial charge in [-0.25, -0.2) is 8.42 Å². The SMILES string of the molecule is Cc1ccc(NC(=O)C2CN(S(=O)(=O)c3ccc(Cl)cc3)c3ccccc3O2)cc1Cl. The summed E-state index contributed by atoms with van der Waals surface area (Å²) in [5, 5.41) is 3.68. The predicted octanol–water partition coefficient (Wildman–Crippen LogP) is 4.90. The average molecular weight is 477 g/mol. The highest BCUT2D eigenvalue weighted by Gasteiger charge is 2.37. The minimum Gasteiger partial charge on any atom is -0.476 e. The summed E-state index contributed by atoms with van der Waals surface area (Å²) in [6, 6.07) is 17.7. The molecule has 1 atom stereocenters. The highest BCUT2D eigenvalue weighted by atomic mass is 35.5. The van der Waals surface area contributed by atoms with Crippen molar-refractivity contribution in [3.05, 3.63) is 82.3 Å². The summed E-state index contributed by atoms with van der Waals surface area (Å²) < 4.78 is 33.7. The number of carbonyl (C=O) groups excluding carboxylic acids is 1. The number of nitrogens with one attached hydrogen (secondary N) is 1. The van der Waals surface area contributed by atoms with Crippen LogP contribution in [-0.4, -0.2) is 27.0 Å². The first kappa shape index (κ1) is 21.5. The molecule has 0 saturated heterocycles. The number of sulfonamides is 1. The van der Waals surface area contributed by atoms with Crippen LogP contribution < -0.4 is 14.4 Å². The van der Waals surface area contributed by atoms with E-state index in [1.165, 1.54) is 28.6 Å². The van der Waals surface area contributed by atoms with Crippen molar-refractivity contribution >= 4 is 50.5 Å². The molecular weight excluding hydrogens is 459 g/mol. The maximum Gasteiger partial charge on any atom is 0.267 e. The number of benzene rings is 3. The van der Waals surface area contributed by atoms with Crippen molar-refractivity contribution in [1.82, 2.24) is 0 Å². The molecule has 0 aromatic heterocycles. The van der Waals surface area contributed by atoms with Crippen LogP contribution in [0.5, 0.6) is 5.75 Å². The second-order valence-corrected chi connectivity index (χ2v) is 9.72. The number of carbonyl (C=O) groups is 1. The Kier molecular flexibility index (Phi) is 5.83. The van der Waals surface area contributed by atoms with Crippen LogP contribution >= 0.6 is 23.2 Å². The first-order valence-electron chi connectivity index (χ1n) is 9.37. The first-order chi connectivity index (χ1) is 14.8. The van der Waals surface area contributed by atoms with Crippen molar-refractivity contribution in [2.45, 2.75) is 17.9 Å². The van der Waals surface area contributed by atoms with Gasteiger partial charge in [-0.15, -0.1) is 0 Å².